The Morgan fingerprint density at radius 1 is 0.534 bits per heavy atom. The van der Waals surface area contributed by atoms with Gasteiger partial charge < -0.3 is 39.9 Å². The van der Waals surface area contributed by atoms with Crippen molar-refractivity contribution >= 4 is 19.8 Å². The third-order valence-electron chi connectivity index (χ3n) is 10.2. The largest absolute Gasteiger partial charge is 0.472 e. The Morgan fingerprint density at radius 3 is 1.45 bits per heavy atom. The number of phosphoric acid groups is 1. The maximum Gasteiger partial charge on any atom is 0.472 e. The van der Waals surface area contributed by atoms with Gasteiger partial charge in [-0.05, 0) is 51.4 Å². The molecule has 0 spiro atoms. The van der Waals surface area contributed by atoms with Gasteiger partial charge in [0.2, 0.25) is 0 Å². The predicted octanol–water partition coefficient (Wildman–Crippen LogP) is 8.22. The molecule has 8 atom stereocenters. The summed E-state index contributed by atoms with van der Waals surface area (Å²) in [7, 11) is -5.12. The molecule has 1 rings (SSSR count). The summed E-state index contributed by atoms with van der Waals surface area (Å²) < 4.78 is 33.4. The predicted molar refractivity (Wildman–Crippen MR) is 226 cm³/mol. The highest BCUT2D eigenvalue weighted by Gasteiger charge is 2.51. The third kappa shape index (κ3) is 27.0. The van der Waals surface area contributed by atoms with Crippen molar-refractivity contribution in [1.29, 1.82) is 0 Å². The van der Waals surface area contributed by atoms with Crippen molar-refractivity contribution in [2.24, 2.45) is 0 Å². The van der Waals surface area contributed by atoms with Crippen LogP contribution < -0.4 is 0 Å². The van der Waals surface area contributed by atoms with Crippen LogP contribution in [0.5, 0.6) is 0 Å². The fourth-order valence-electron chi connectivity index (χ4n) is 6.59. The van der Waals surface area contributed by atoms with Crippen molar-refractivity contribution in [2.45, 2.75) is 217 Å². The van der Waals surface area contributed by atoms with Gasteiger partial charge in [0, 0.05) is 12.8 Å². The Morgan fingerprint density at radius 2 is 0.931 bits per heavy atom. The number of aliphatic hydroxyl groups excluding tert-OH is 5. The van der Waals surface area contributed by atoms with Crippen LogP contribution in [0.1, 0.15) is 174 Å². The van der Waals surface area contributed by atoms with Gasteiger partial charge in [0.1, 0.15) is 43.2 Å². The summed E-state index contributed by atoms with van der Waals surface area (Å²) in [5.41, 5.74) is 0. The quantitative estimate of drug-likeness (QED) is 0.0152. The lowest BCUT2D eigenvalue weighted by molar-refractivity contribution is -0.220. The fraction of sp³-hybridized carbons (Fsp3) is 0.818. The zero-order valence-electron chi connectivity index (χ0n) is 35.6. The first-order valence-electron chi connectivity index (χ1n) is 22.3. The van der Waals surface area contributed by atoms with E-state index in [2.05, 4.69) is 50.3 Å². The molecule has 0 radical (unpaired) electrons. The van der Waals surface area contributed by atoms with Crippen LogP contribution >= 0.6 is 7.82 Å². The maximum absolute atomic E-state index is 12.8. The standard InChI is InChI=1S/C44H79O13P/c1-3-5-7-9-11-13-15-17-19-21-23-25-27-29-31-33-38(46)56-36(35-55-58(52,53)57-44-42(50)40(48)39(47)41(49)43(44)51)34-54-37(45)32-30-28-26-24-22-20-18-16-14-12-10-8-6-4-2/h11,13,17,19,23,25,36,39-44,47-51H,3-10,12,14-16,18,20-22,24,26-35H2,1-2H3,(H,52,53)/b13-11-,19-17-,25-23-/t36-,39?,40-,41?,42?,43?,44?/m1/s1. The lowest BCUT2D eigenvalue weighted by Gasteiger charge is -2.41. The van der Waals surface area contributed by atoms with Gasteiger partial charge in [-0.3, -0.25) is 18.6 Å². The lowest BCUT2D eigenvalue weighted by atomic mass is 9.85. The molecule has 1 aliphatic carbocycles. The molecule has 0 heterocycles. The van der Waals surface area contributed by atoms with Crippen molar-refractivity contribution in [1.82, 2.24) is 0 Å². The van der Waals surface area contributed by atoms with Crippen LogP contribution in [0.4, 0.5) is 0 Å². The molecule has 0 aromatic rings. The van der Waals surface area contributed by atoms with Gasteiger partial charge in [0.15, 0.2) is 6.10 Å². The monoisotopic (exact) mass is 847 g/mol. The molecule has 58 heavy (non-hydrogen) atoms. The van der Waals surface area contributed by atoms with Crippen molar-refractivity contribution < 1.29 is 63.1 Å². The van der Waals surface area contributed by atoms with Crippen molar-refractivity contribution in [3.05, 3.63) is 36.5 Å². The molecule has 0 amide bonds. The second-order valence-electron chi connectivity index (χ2n) is 15.6. The number of hydrogen-bond acceptors (Lipinski definition) is 12. The number of unbranched alkanes of at least 4 members (excludes halogenated alkanes) is 18. The van der Waals surface area contributed by atoms with Gasteiger partial charge in [-0.25, -0.2) is 4.57 Å². The number of carbonyl (C=O) groups is 2. The van der Waals surface area contributed by atoms with Gasteiger partial charge >= 0.3 is 19.8 Å². The highest BCUT2D eigenvalue weighted by Crippen LogP contribution is 2.47. The maximum atomic E-state index is 12.8. The zero-order valence-corrected chi connectivity index (χ0v) is 36.5. The molecule has 0 saturated heterocycles. The molecule has 1 saturated carbocycles. The summed E-state index contributed by atoms with van der Waals surface area (Å²) in [5.74, 6) is -1.14. The highest BCUT2D eigenvalue weighted by atomic mass is 31.2. The van der Waals surface area contributed by atoms with Crippen LogP contribution in [0.2, 0.25) is 0 Å². The Balaban J connectivity index is 2.51. The molecule has 0 aromatic carbocycles. The topological polar surface area (TPSA) is 210 Å². The van der Waals surface area contributed by atoms with Crippen molar-refractivity contribution in [3.63, 3.8) is 0 Å². The first-order valence-corrected chi connectivity index (χ1v) is 23.8. The fourth-order valence-corrected chi connectivity index (χ4v) is 7.56. The summed E-state index contributed by atoms with van der Waals surface area (Å²) in [4.78, 5) is 35.6. The van der Waals surface area contributed by atoms with E-state index < -0.39 is 75.7 Å². The average molecular weight is 847 g/mol. The van der Waals surface area contributed by atoms with E-state index in [0.29, 0.717) is 12.8 Å². The normalized spacial score (nSPS) is 22.8. The van der Waals surface area contributed by atoms with E-state index in [0.717, 1.165) is 51.4 Å². The minimum absolute atomic E-state index is 0.0493. The molecule has 14 heteroatoms. The van der Waals surface area contributed by atoms with Crippen LogP contribution in [0, 0.1) is 0 Å². The first-order chi connectivity index (χ1) is 27.9. The molecular weight excluding hydrogens is 767 g/mol. The number of rotatable bonds is 36. The first kappa shape index (κ1) is 54.1. The summed E-state index contributed by atoms with van der Waals surface area (Å²) in [6.45, 7) is 3.23. The minimum Gasteiger partial charge on any atom is -0.462 e. The number of ether oxygens (including phenoxy) is 2. The Labute approximate surface area is 348 Å². The van der Waals surface area contributed by atoms with E-state index in [1.54, 1.807) is 0 Å². The van der Waals surface area contributed by atoms with E-state index in [-0.39, 0.29) is 12.8 Å². The summed E-state index contributed by atoms with van der Waals surface area (Å²) >= 11 is 0. The molecule has 6 unspecified atom stereocenters. The molecule has 0 aromatic heterocycles. The van der Waals surface area contributed by atoms with Crippen LogP contribution in [0.15, 0.2) is 36.5 Å². The van der Waals surface area contributed by atoms with Gasteiger partial charge in [0.05, 0.1) is 6.61 Å². The van der Waals surface area contributed by atoms with E-state index >= 15 is 0 Å². The van der Waals surface area contributed by atoms with Gasteiger partial charge in [-0.2, -0.15) is 0 Å². The lowest BCUT2D eigenvalue weighted by Crippen LogP contribution is -2.64. The molecule has 6 N–H and O–H groups in total. The SMILES string of the molecule is CCCCC/C=C\C/C=C\C/C=C\CCCCC(=O)O[C@H](COC(=O)CCCCCCCCCCCCCCCC)COP(=O)(O)OC1C(O)C(O)C(O)[C@@H](O)C1O. The number of carbonyl (C=O) groups excluding carboxylic acids is 2. The zero-order chi connectivity index (χ0) is 42.9. The smallest absolute Gasteiger partial charge is 0.462 e. The van der Waals surface area contributed by atoms with Crippen LogP contribution in [-0.4, -0.2) is 98.3 Å². The Kier molecular flexibility index (Phi) is 32.4. The summed E-state index contributed by atoms with van der Waals surface area (Å²) in [5, 5.41) is 50.1. The van der Waals surface area contributed by atoms with Crippen molar-refractivity contribution in [3.8, 4) is 0 Å². The second-order valence-corrected chi connectivity index (χ2v) is 17.0. The van der Waals surface area contributed by atoms with Gasteiger partial charge in [-0.1, -0.05) is 147 Å². The molecular formula is C44H79O13P. The Bertz CT molecular complexity index is 1160. The summed E-state index contributed by atoms with van der Waals surface area (Å²) in [6, 6.07) is 0. The molecule has 338 valence electrons. The van der Waals surface area contributed by atoms with E-state index in [9.17, 15) is 44.6 Å². The van der Waals surface area contributed by atoms with E-state index in [1.165, 1.54) is 83.5 Å². The molecule has 13 nitrogen and oxygen atoms in total. The Hall–Kier alpha value is -1.93. The van der Waals surface area contributed by atoms with Crippen LogP contribution in [0.3, 0.4) is 0 Å². The summed E-state index contributed by atoms with van der Waals surface area (Å²) in [6.07, 6.45) is 24.9. The minimum atomic E-state index is -5.12. The van der Waals surface area contributed by atoms with Crippen molar-refractivity contribution in [2.75, 3.05) is 13.2 Å². The van der Waals surface area contributed by atoms with E-state index in [4.69, 9.17) is 18.5 Å². The number of hydrogen-bond donors (Lipinski definition) is 6. The number of phosphoric ester groups is 1. The molecule has 0 bridgehead atoms. The number of aliphatic hydroxyl groups is 5. The average Bonchev–Trinajstić information content (AvgIpc) is 3.20. The van der Waals surface area contributed by atoms with Crippen LogP contribution in [-0.2, 0) is 32.7 Å². The van der Waals surface area contributed by atoms with Gasteiger partial charge in [-0.15, -0.1) is 0 Å². The van der Waals surface area contributed by atoms with Crippen LogP contribution in [0.25, 0.3) is 0 Å². The highest BCUT2D eigenvalue weighted by molar-refractivity contribution is 7.47. The number of esters is 2. The molecule has 0 aliphatic heterocycles. The molecule has 1 aliphatic rings. The van der Waals surface area contributed by atoms with E-state index in [1.807, 2.05) is 0 Å². The third-order valence-corrected chi connectivity index (χ3v) is 11.2. The second kappa shape index (κ2) is 34.7. The number of allylic oxidation sites excluding steroid dienone is 6. The van der Waals surface area contributed by atoms with Gasteiger partial charge in [0.25, 0.3) is 0 Å². The molecule has 1 fully saturated rings.